The lowest BCUT2D eigenvalue weighted by Crippen LogP contribution is -2.48. The summed E-state index contributed by atoms with van der Waals surface area (Å²) in [6.45, 7) is 1.12. The minimum atomic E-state index is -1.04. The standard InChI is InChI=1S/C12H17N7O3/c1-6(20)8(13)7(21)3-14-12(22)19(2)11-9-10(16-4-15-9)17-5-18-11/h4-6,8,20H,3,13H2,1-2H3,(H,14,22)(H,15,16,17,18)/t6-,8+/m1/s1. The first-order valence-corrected chi connectivity index (χ1v) is 6.53. The van der Waals surface area contributed by atoms with Crippen molar-refractivity contribution in [2.75, 3.05) is 18.5 Å². The second kappa shape index (κ2) is 6.45. The first-order valence-electron chi connectivity index (χ1n) is 6.53. The van der Waals surface area contributed by atoms with Gasteiger partial charge < -0.3 is 21.1 Å². The number of hydrogen-bond donors (Lipinski definition) is 4. The van der Waals surface area contributed by atoms with Crippen LogP contribution in [0.2, 0.25) is 0 Å². The molecule has 0 saturated carbocycles. The number of aliphatic hydroxyl groups is 1. The number of aromatic nitrogens is 4. The first kappa shape index (κ1) is 15.8. The number of rotatable bonds is 5. The molecule has 0 spiro atoms. The van der Waals surface area contributed by atoms with Crippen LogP contribution < -0.4 is 16.0 Å². The molecular formula is C12H17N7O3. The van der Waals surface area contributed by atoms with Crippen LogP contribution in [0.25, 0.3) is 11.2 Å². The van der Waals surface area contributed by atoms with Gasteiger partial charge >= 0.3 is 6.03 Å². The molecule has 0 aliphatic heterocycles. The van der Waals surface area contributed by atoms with Gasteiger partial charge in [0, 0.05) is 7.05 Å². The van der Waals surface area contributed by atoms with E-state index in [4.69, 9.17) is 5.73 Å². The summed E-state index contributed by atoms with van der Waals surface area (Å²) in [6.07, 6.45) is 1.76. The van der Waals surface area contributed by atoms with Crippen LogP contribution in [0.3, 0.4) is 0 Å². The maximum atomic E-state index is 12.1. The molecule has 10 heteroatoms. The highest BCUT2D eigenvalue weighted by Gasteiger charge is 2.21. The molecule has 2 rings (SSSR count). The number of nitrogens with one attached hydrogen (secondary N) is 2. The van der Waals surface area contributed by atoms with E-state index in [0.717, 1.165) is 0 Å². The third kappa shape index (κ3) is 3.18. The molecule has 0 radical (unpaired) electrons. The van der Waals surface area contributed by atoms with Crippen molar-refractivity contribution < 1.29 is 14.7 Å². The van der Waals surface area contributed by atoms with Gasteiger partial charge in [-0.3, -0.25) is 9.69 Å². The predicted molar refractivity (Wildman–Crippen MR) is 78.1 cm³/mol. The number of amides is 2. The maximum Gasteiger partial charge on any atom is 0.323 e. The predicted octanol–water partition coefficient (Wildman–Crippen LogP) is -1.22. The molecular weight excluding hydrogens is 290 g/mol. The monoisotopic (exact) mass is 307 g/mol. The normalized spacial score (nSPS) is 13.6. The number of urea groups is 1. The lowest BCUT2D eigenvalue weighted by atomic mass is 10.1. The number of aliphatic hydroxyl groups excluding tert-OH is 1. The Balaban J connectivity index is 2.04. The number of nitrogens with zero attached hydrogens (tertiary/aromatic N) is 4. The zero-order valence-electron chi connectivity index (χ0n) is 12.1. The average molecular weight is 307 g/mol. The highest BCUT2D eigenvalue weighted by Crippen LogP contribution is 2.17. The van der Waals surface area contributed by atoms with Crippen LogP contribution in [0.5, 0.6) is 0 Å². The third-order valence-electron chi connectivity index (χ3n) is 3.13. The van der Waals surface area contributed by atoms with Crippen LogP contribution in [0.1, 0.15) is 6.92 Å². The summed E-state index contributed by atoms with van der Waals surface area (Å²) in [7, 11) is 1.49. The van der Waals surface area contributed by atoms with E-state index < -0.39 is 24.0 Å². The molecule has 0 fully saturated rings. The second-order valence-corrected chi connectivity index (χ2v) is 4.75. The largest absolute Gasteiger partial charge is 0.391 e. The van der Waals surface area contributed by atoms with Gasteiger partial charge in [-0.25, -0.2) is 19.7 Å². The van der Waals surface area contributed by atoms with Crippen molar-refractivity contribution in [3.63, 3.8) is 0 Å². The van der Waals surface area contributed by atoms with E-state index in [-0.39, 0.29) is 6.54 Å². The smallest absolute Gasteiger partial charge is 0.323 e. The van der Waals surface area contributed by atoms with Crippen LogP contribution in [0.4, 0.5) is 10.6 Å². The highest BCUT2D eigenvalue weighted by atomic mass is 16.3. The molecule has 2 amide bonds. The van der Waals surface area contributed by atoms with Crippen molar-refractivity contribution in [1.29, 1.82) is 0 Å². The fourth-order valence-corrected chi connectivity index (χ4v) is 1.76. The van der Waals surface area contributed by atoms with Crippen LogP contribution in [-0.2, 0) is 4.79 Å². The maximum absolute atomic E-state index is 12.1. The van der Waals surface area contributed by atoms with Crippen molar-refractivity contribution in [1.82, 2.24) is 25.3 Å². The van der Waals surface area contributed by atoms with E-state index in [1.54, 1.807) is 0 Å². The lowest BCUT2D eigenvalue weighted by Gasteiger charge is -2.18. The van der Waals surface area contributed by atoms with Crippen molar-refractivity contribution >= 4 is 28.8 Å². The summed E-state index contributed by atoms with van der Waals surface area (Å²) >= 11 is 0. The number of nitrogens with two attached hydrogens (primary N) is 1. The number of Topliss-reactive ketones (excluding diaryl/α,β-unsaturated/α-hetero) is 1. The summed E-state index contributed by atoms with van der Waals surface area (Å²) in [6, 6.07) is -1.59. The number of carbonyl (C=O) groups is 2. The van der Waals surface area contributed by atoms with Gasteiger partial charge in [0.05, 0.1) is 25.0 Å². The molecule has 2 aromatic heterocycles. The fraction of sp³-hybridized carbons (Fsp3) is 0.417. The Kier molecular flexibility index (Phi) is 4.63. The Labute approximate surface area is 125 Å². The zero-order valence-corrected chi connectivity index (χ0v) is 12.1. The van der Waals surface area contributed by atoms with Crippen LogP contribution in [0, 0.1) is 0 Å². The molecule has 0 unspecified atom stereocenters. The molecule has 0 aliphatic carbocycles. The summed E-state index contributed by atoms with van der Waals surface area (Å²) in [4.78, 5) is 39.8. The number of hydrogen-bond acceptors (Lipinski definition) is 7. The molecule has 0 aromatic carbocycles. The SMILES string of the molecule is C[C@@H](O)[C@H](N)C(=O)CNC(=O)N(C)c1ncnc2[nH]cnc12. The summed E-state index contributed by atoms with van der Waals surface area (Å²) < 4.78 is 0. The van der Waals surface area contributed by atoms with Gasteiger partial charge in [0.15, 0.2) is 22.8 Å². The van der Waals surface area contributed by atoms with Crippen LogP contribution in [-0.4, -0.2) is 62.6 Å². The lowest BCUT2D eigenvalue weighted by molar-refractivity contribution is -0.121. The quantitative estimate of drug-likeness (QED) is 0.540. The second-order valence-electron chi connectivity index (χ2n) is 4.75. The van der Waals surface area contributed by atoms with Gasteiger partial charge in [0.1, 0.15) is 6.33 Å². The van der Waals surface area contributed by atoms with E-state index in [0.29, 0.717) is 17.0 Å². The molecule has 10 nitrogen and oxygen atoms in total. The average Bonchev–Trinajstić information content (AvgIpc) is 2.98. The van der Waals surface area contributed by atoms with Crippen LogP contribution in [0.15, 0.2) is 12.7 Å². The Morgan fingerprint density at radius 2 is 2.18 bits per heavy atom. The van der Waals surface area contributed by atoms with E-state index in [2.05, 4.69) is 25.3 Å². The number of imidazole rings is 1. The molecule has 0 saturated heterocycles. The van der Waals surface area contributed by atoms with Crippen molar-refractivity contribution in [3.8, 4) is 0 Å². The first-order chi connectivity index (χ1) is 10.4. The number of fused-ring (bicyclic) bond motifs is 1. The number of anilines is 1. The van der Waals surface area contributed by atoms with E-state index in [9.17, 15) is 14.7 Å². The Morgan fingerprint density at radius 3 is 2.86 bits per heavy atom. The van der Waals surface area contributed by atoms with E-state index in [1.807, 2.05) is 0 Å². The van der Waals surface area contributed by atoms with Gasteiger partial charge in [-0.05, 0) is 6.92 Å². The van der Waals surface area contributed by atoms with Gasteiger partial charge in [-0.1, -0.05) is 0 Å². The minimum absolute atomic E-state index is 0.288. The molecule has 118 valence electrons. The third-order valence-corrected chi connectivity index (χ3v) is 3.13. The van der Waals surface area contributed by atoms with Gasteiger partial charge in [0.25, 0.3) is 0 Å². The number of ketones is 1. The molecule has 2 atom stereocenters. The van der Waals surface area contributed by atoms with Crippen molar-refractivity contribution in [2.45, 2.75) is 19.1 Å². The molecule has 22 heavy (non-hydrogen) atoms. The minimum Gasteiger partial charge on any atom is -0.391 e. The van der Waals surface area contributed by atoms with Gasteiger partial charge in [0.2, 0.25) is 0 Å². The molecule has 0 bridgehead atoms. The summed E-state index contributed by atoms with van der Waals surface area (Å²) in [5, 5.41) is 11.7. The van der Waals surface area contributed by atoms with Crippen LogP contribution >= 0.6 is 0 Å². The Morgan fingerprint density at radius 1 is 1.45 bits per heavy atom. The number of carbonyl (C=O) groups excluding carboxylic acids is 2. The van der Waals surface area contributed by atoms with Crippen molar-refractivity contribution in [2.24, 2.45) is 5.73 Å². The Bertz CT molecular complexity index is 684. The zero-order chi connectivity index (χ0) is 16.3. The topological polar surface area (TPSA) is 150 Å². The molecule has 5 N–H and O–H groups in total. The highest BCUT2D eigenvalue weighted by molar-refractivity contribution is 5.99. The Hall–Kier alpha value is -2.59. The van der Waals surface area contributed by atoms with E-state index in [1.165, 1.54) is 31.5 Å². The van der Waals surface area contributed by atoms with E-state index >= 15 is 0 Å². The summed E-state index contributed by atoms with van der Waals surface area (Å²) in [5.41, 5.74) is 6.43. The fourth-order valence-electron chi connectivity index (χ4n) is 1.76. The number of H-pyrrole nitrogens is 1. The molecule has 0 aliphatic rings. The molecule has 2 aromatic rings. The van der Waals surface area contributed by atoms with Gasteiger partial charge in [-0.2, -0.15) is 0 Å². The summed E-state index contributed by atoms with van der Waals surface area (Å²) in [5.74, 6) is -0.166. The molecule has 2 heterocycles. The number of aromatic amines is 1. The van der Waals surface area contributed by atoms with Gasteiger partial charge in [-0.15, -0.1) is 0 Å². The van der Waals surface area contributed by atoms with Crippen molar-refractivity contribution in [3.05, 3.63) is 12.7 Å².